The Morgan fingerprint density at radius 3 is 2.69 bits per heavy atom. The van der Waals surface area contributed by atoms with Gasteiger partial charge in [0.2, 0.25) is 11.8 Å². The van der Waals surface area contributed by atoms with Crippen molar-refractivity contribution in [2.45, 2.75) is 25.2 Å². The van der Waals surface area contributed by atoms with E-state index in [9.17, 15) is 9.59 Å². The lowest BCUT2D eigenvalue weighted by Gasteiger charge is -2.29. The zero-order valence-corrected chi connectivity index (χ0v) is 19.6. The van der Waals surface area contributed by atoms with Gasteiger partial charge < -0.3 is 31.2 Å². The lowest BCUT2D eigenvalue weighted by Crippen LogP contribution is -2.36. The topological polar surface area (TPSA) is 159 Å². The van der Waals surface area contributed by atoms with E-state index in [0.717, 1.165) is 18.8 Å². The van der Waals surface area contributed by atoms with Gasteiger partial charge in [0.1, 0.15) is 23.7 Å². The molecule has 1 saturated heterocycles. The Labute approximate surface area is 202 Å². The number of carbonyl (C=O) groups excluding carboxylic acids is 2. The molecule has 35 heavy (non-hydrogen) atoms. The second-order valence-corrected chi connectivity index (χ2v) is 8.27. The summed E-state index contributed by atoms with van der Waals surface area (Å²) in [5.41, 5.74) is 13.2. The van der Waals surface area contributed by atoms with Crippen molar-refractivity contribution in [1.82, 2.24) is 15.0 Å². The summed E-state index contributed by atoms with van der Waals surface area (Å²) in [6, 6.07) is 7.47. The number of benzene rings is 1. The van der Waals surface area contributed by atoms with Crippen LogP contribution in [-0.4, -0.2) is 60.2 Å². The summed E-state index contributed by atoms with van der Waals surface area (Å²) in [4.78, 5) is 39.0. The monoisotopic (exact) mass is 479 g/mol. The fourth-order valence-corrected chi connectivity index (χ4v) is 4.21. The van der Waals surface area contributed by atoms with E-state index in [-0.39, 0.29) is 6.42 Å². The van der Waals surface area contributed by atoms with E-state index < -0.39 is 17.7 Å². The van der Waals surface area contributed by atoms with E-state index >= 15 is 0 Å². The molecule has 0 spiro atoms. The van der Waals surface area contributed by atoms with Crippen LogP contribution in [0.1, 0.15) is 30.7 Å². The van der Waals surface area contributed by atoms with Crippen molar-refractivity contribution in [3.63, 3.8) is 0 Å². The average molecular weight is 480 g/mol. The number of nitrogens with two attached hydrogens (primary N) is 2. The van der Waals surface area contributed by atoms with Crippen molar-refractivity contribution in [3.05, 3.63) is 42.4 Å². The van der Waals surface area contributed by atoms with Gasteiger partial charge in [-0.3, -0.25) is 9.59 Å². The number of carbonyl (C=O) groups is 2. The van der Waals surface area contributed by atoms with Gasteiger partial charge in [0, 0.05) is 54.5 Å². The summed E-state index contributed by atoms with van der Waals surface area (Å²) in [6.07, 6.45) is 4.15. The van der Waals surface area contributed by atoms with Gasteiger partial charge in [-0.1, -0.05) is 0 Å². The highest BCUT2D eigenvalue weighted by Gasteiger charge is 2.24. The third-order valence-electron chi connectivity index (χ3n) is 5.99. The second kappa shape index (κ2) is 11.0. The third-order valence-corrected chi connectivity index (χ3v) is 5.99. The van der Waals surface area contributed by atoms with Crippen LogP contribution in [0, 0.1) is 0 Å². The molecule has 1 atom stereocenters. The number of nitrogens with one attached hydrogen (secondary N) is 1. The molecule has 1 unspecified atom stereocenters. The van der Waals surface area contributed by atoms with Gasteiger partial charge in [0.05, 0.1) is 31.8 Å². The van der Waals surface area contributed by atoms with E-state index in [2.05, 4.69) is 25.2 Å². The molecule has 0 saturated carbocycles. The first-order valence-electron chi connectivity index (χ1n) is 11.4. The number of primary amides is 2. The number of rotatable bonds is 10. The maximum Gasteiger partial charge on any atom is 0.225 e. The minimum Gasteiger partial charge on any atom is -0.496 e. The van der Waals surface area contributed by atoms with Gasteiger partial charge in [-0.15, -0.1) is 0 Å². The quantitative estimate of drug-likeness (QED) is 0.394. The Morgan fingerprint density at radius 2 is 1.97 bits per heavy atom. The number of anilines is 3. The SMILES string of the molecule is COc1cc2ncnc(Nc3cc(N4CCOCC4)ccn3)c2cc1C(CCCC(N)=O)C(N)=O. The highest BCUT2D eigenvalue weighted by molar-refractivity contribution is 5.94. The minimum atomic E-state index is -0.662. The van der Waals surface area contributed by atoms with Gasteiger partial charge in [0.15, 0.2) is 0 Å². The Morgan fingerprint density at radius 1 is 1.17 bits per heavy atom. The van der Waals surface area contributed by atoms with Gasteiger partial charge in [-0.2, -0.15) is 0 Å². The molecule has 5 N–H and O–H groups in total. The lowest BCUT2D eigenvalue weighted by atomic mass is 9.91. The summed E-state index contributed by atoms with van der Waals surface area (Å²) < 4.78 is 11.0. The van der Waals surface area contributed by atoms with Crippen molar-refractivity contribution >= 4 is 40.0 Å². The highest BCUT2D eigenvalue weighted by atomic mass is 16.5. The Balaban J connectivity index is 1.68. The van der Waals surface area contributed by atoms with Crippen LogP contribution in [0.15, 0.2) is 36.8 Å². The molecule has 184 valence electrons. The van der Waals surface area contributed by atoms with Crippen LogP contribution in [0.4, 0.5) is 17.3 Å². The van der Waals surface area contributed by atoms with Crippen LogP contribution in [0.5, 0.6) is 5.75 Å². The number of nitrogens with zero attached hydrogens (tertiary/aromatic N) is 4. The highest BCUT2D eigenvalue weighted by Crippen LogP contribution is 2.36. The van der Waals surface area contributed by atoms with E-state index in [1.165, 1.54) is 13.4 Å². The van der Waals surface area contributed by atoms with Gasteiger partial charge in [-0.25, -0.2) is 15.0 Å². The smallest absolute Gasteiger partial charge is 0.225 e. The number of amides is 2. The molecule has 1 aromatic carbocycles. The van der Waals surface area contributed by atoms with E-state index in [4.69, 9.17) is 20.9 Å². The first-order valence-corrected chi connectivity index (χ1v) is 11.4. The molecule has 1 aliphatic rings. The van der Waals surface area contributed by atoms with Gasteiger partial charge in [0.25, 0.3) is 0 Å². The largest absolute Gasteiger partial charge is 0.496 e. The van der Waals surface area contributed by atoms with E-state index in [1.54, 1.807) is 12.3 Å². The number of pyridine rings is 1. The standard InChI is InChI=1S/C24H29N7O4/c1-34-20-13-19-18(12-17(20)16(23(26)33)3-2-4-21(25)32)24(29-14-28-19)30-22-11-15(5-6-27-22)31-7-9-35-10-8-31/h5-6,11-14,16H,2-4,7-10H2,1H3,(H2,25,32)(H2,26,33)(H,27,28,29,30). The van der Waals surface area contributed by atoms with E-state index in [0.29, 0.717) is 59.9 Å². The maximum absolute atomic E-state index is 12.3. The summed E-state index contributed by atoms with van der Waals surface area (Å²) in [7, 11) is 1.52. The van der Waals surface area contributed by atoms with Crippen LogP contribution >= 0.6 is 0 Å². The van der Waals surface area contributed by atoms with E-state index in [1.807, 2.05) is 18.2 Å². The van der Waals surface area contributed by atoms with Crippen molar-refractivity contribution in [1.29, 1.82) is 0 Å². The fourth-order valence-electron chi connectivity index (χ4n) is 4.21. The van der Waals surface area contributed by atoms with Crippen LogP contribution in [0.3, 0.4) is 0 Å². The Hall–Kier alpha value is -3.99. The number of methoxy groups -OCH3 is 1. The Kier molecular flexibility index (Phi) is 7.56. The average Bonchev–Trinajstić information content (AvgIpc) is 2.86. The summed E-state index contributed by atoms with van der Waals surface area (Å²) >= 11 is 0. The molecule has 0 radical (unpaired) electrons. The molecule has 3 heterocycles. The predicted molar refractivity (Wildman–Crippen MR) is 132 cm³/mol. The lowest BCUT2D eigenvalue weighted by molar-refractivity contribution is -0.120. The number of hydrogen-bond donors (Lipinski definition) is 3. The summed E-state index contributed by atoms with van der Waals surface area (Å²) in [6.45, 7) is 3.00. The number of aromatic nitrogens is 3. The van der Waals surface area contributed by atoms with Gasteiger partial charge in [-0.05, 0) is 25.0 Å². The summed E-state index contributed by atoms with van der Waals surface area (Å²) in [5.74, 6) is 0.0379. The van der Waals surface area contributed by atoms with Crippen LogP contribution < -0.4 is 26.4 Å². The fraction of sp³-hybridized carbons (Fsp3) is 0.375. The van der Waals surface area contributed by atoms with Crippen molar-refractivity contribution in [3.8, 4) is 5.75 Å². The molecule has 0 aliphatic carbocycles. The second-order valence-electron chi connectivity index (χ2n) is 8.27. The molecule has 1 fully saturated rings. The predicted octanol–water partition coefficient (Wildman–Crippen LogP) is 1.84. The molecular weight excluding hydrogens is 450 g/mol. The number of morpholine rings is 1. The molecule has 2 aromatic heterocycles. The molecular formula is C24H29N7O4. The third kappa shape index (κ3) is 5.75. The van der Waals surface area contributed by atoms with Crippen LogP contribution in [0.25, 0.3) is 10.9 Å². The molecule has 1 aliphatic heterocycles. The van der Waals surface area contributed by atoms with Gasteiger partial charge >= 0.3 is 0 Å². The minimum absolute atomic E-state index is 0.167. The summed E-state index contributed by atoms with van der Waals surface area (Å²) in [5, 5.41) is 3.96. The molecule has 0 bridgehead atoms. The normalized spacial score (nSPS) is 14.5. The molecule has 3 aromatic rings. The van der Waals surface area contributed by atoms with Crippen LogP contribution in [0.2, 0.25) is 0 Å². The molecule has 11 nitrogen and oxygen atoms in total. The van der Waals surface area contributed by atoms with Crippen molar-refractivity contribution in [2.24, 2.45) is 11.5 Å². The number of ether oxygens (including phenoxy) is 2. The number of fused-ring (bicyclic) bond motifs is 1. The van der Waals surface area contributed by atoms with Crippen molar-refractivity contribution < 1.29 is 19.1 Å². The molecule has 2 amide bonds. The molecule has 11 heteroatoms. The Bertz CT molecular complexity index is 1210. The maximum atomic E-state index is 12.3. The van der Waals surface area contributed by atoms with Crippen molar-refractivity contribution in [2.75, 3.05) is 43.6 Å². The first kappa shape index (κ1) is 24.1. The zero-order chi connectivity index (χ0) is 24.8. The molecule has 4 rings (SSSR count). The first-order chi connectivity index (χ1) is 17.0. The zero-order valence-electron chi connectivity index (χ0n) is 19.6. The van der Waals surface area contributed by atoms with Crippen LogP contribution in [-0.2, 0) is 14.3 Å². The number of hydrogen-bond acceptors (Lipinski definition) is 9.